The molecule has 1 heterocycles. The fraction of sp³-hybridized carbons (Fsp3) is 0.600. The van der Waals surface area contributed by atoms with Gasteiger partial charge in [-0.1, -0.05) is 41.9 Å². The zero-order chi connectivity index (χ0) is 12.3. The second kappa shape index (κ2) is 6.01. The minimum atomic E-state index is 0.736. The molecule has 0 spiro atoms. The van der Waals surface area contributed by atoms with Gasteiger partial charge in [-0.25, -0.2) is 0 Å². The van der Waals surface area contributed by atoms with E-state index in [9.17, 15) is 0 Å². The van der Waals surface area contributed by atoms with E-state index in [1.54, 1.807) is 0 Å². The van der Waals surface area contributed by atoms with E-state index in [1.165, 1.54) is 42.5 Å². The molecule has 94 valence electrons. The van der Waals surface area contributed by atoms with E-state index < -0.39 is 0 Å². The van der Waals surface area contributed by atoms with Gasteiger partial charge in [0.15, 0.2) is 0 Å². The molecule has 0 amide bonds. The predicted molar refractivity (Wildman–Crippen MR) is 77.4 cm³/mol. The van der Waals surface area contributed by atoms with Crippen LogP contribution in [0.1, 0.15) is 38.2 Å². The third-order valence-electron chi connectivity index (χ3n) is 3.62. The summed E-state index contributed by atoms with van der Waals surface area (Å²) in [5.74, 6) is 1.56. The van der Waals surface area contributed by atoms with Crippen molar-refractivity contribution in [3.63, 3.8) is 0 Å². The number of likely N-dealkylation sites (tertiary alicyclic amines) is 1. The predicted octanol–water partition coefficient (Wildman–Crippen LogP) is 4.28. The van der Waals surface area contributed by atoms with Crippen LogP contribution in [0, 0.1) is 5.92 Å². The Bertz CT molecular complexity index is 362. The second-order valence-electron chi connectivity index (χ2n) is 5.52. The molecule has 0 N–H and O–H groups in total. The first-order valence-electron chi connectivity index (χ1n) is 6.63. The number of benzene rings is 1. The number of nitrogens with zero attached hydrogens (tertiary/aromatic N) is 1. The summed E-state index contributed by atoms with van der Waals surface area (Å²) in [6, 6.07) is 8.79. The molecule has 0 bridgehead atoms. The average Bonchev–Trinajstić information content (AvgIpc) is 2.75. The lowest BCUT2D eigenvalue weighted by atomic mass is 9.99. The van der Waals surface area contributed by atoms with Gasteiger partial charge in [-0.15, -0.1) is 0 Å². The summed E-state index contributed by atoms with van der Waals surface area (Å²) in [6.45, 7) is 8.39. The second-order valence-corrected chi connectivity index (χ2v) is 6.44. The maximum absolute atomic E-state index is 3.56. The Labute approximate surface area is 113 Å². The Morgan fingerprint density at radius 1 is 1.41 bits per heavy atom. The van der Waals surface area contributed by atoms with Crippen molar-refractivity contribution in [2.45, 2.75) is 32.6 Å². The van der Waals surface area contributed by atoms with Crippen LogP contribution in [0.2, 0.25) is 0 Å². The van der Waals surface area contributed by atoms with E-state index in [0.29, 0.717) is 0 Å². The molecule has 0 aliphatic carbocycles. The molecule has 1 aromatic carbocycles. The smallest absolute Gasteiger partial charge is 0.0178 e. The molecule has 1 saturated heterocycles. The molecule has 1 atom stereocenters. The van der Waals surface area contributed by atoms with Gasteiger partial charge < -0.3 is 4.90 Å². The number of hydrogen-bond acceptors (Lipinski definition) is 1. The van der Waals surface area contributed by atoms with Crippen LogP contribution >= 0.6 is 15.9 Å². The molecule has 0 aromatic heterocycles. The highest BCUT2D eigenvalue weighted by molar-refractivity contribution is 9.10. The van der Waals surface area contributed by atoms with Crippen molar-refractivity contribution >= 4 is 15.9 Å². The highest BCUT2D eigenvalue weighted by atomic mass is 79.9. The molecule has 1 nitrogen and oxygen atoms in total. The highest BCUT2D eigenvalue weighted by Crippen LogP contribution is 2.29. The molecule has 1 aromatic rings. The van der Waals surface area contributed by atoms with E-state index in [0.717, 1.165) is 11.8 Å². The van der Waals surface area contributed by atoms with Gasteiger partial charge in [0.2, 0.25) is 0 Å². The van der Waals surface area contributed by atoms with Crippen molar-refractivity contribution in [1.29, 1.82) is 0 Å². The van der Waals surface area contributed by atoms with Gasteiger partial charge in [-0.05, 0) is 55.5 Å². The van der Waals surface area contributed by atoms with Crippen molar-refractivity contribution in [1.82, 2.24) is 4.90 Å². The maximum Gasteiger partial charge on any atom is 0.0178 e. The van der Waals surface area contributed by atoms with E-state index in [2.05, 4.69) is 58.9 Å². The first-order valence-corrected chi connectivity index (χ1v) is 7.42. The van der Waals surface area contributed by atoms with E-state index in [4.69, 9.17) is 0 Å². The molecular formula is C15H22BrN. The highest BCUT2D eigenvalue weighted by Gasteiger charge is 2.23. The summed E-state index contributed by atoms with van der Waals surface area (Å²) in [5.41, 5.74) is 1.49. The summed E-state index contributed by atoms with van der Waals surface area (Å²) >= 11 is 3.56. The minimum Gasteiger partial charge on any atom is -0.303 e. The Morgan fingerprint density at radius 2 is 2.24 bits per heavy atom. The maximum atomic E-state index is 3.56. The van der Waals surface area contributed by atoms with Crippen LogP contribution in [0.4, 0.5) is 0 Å². The Balaban J connectivity index is 1.89. The molecule has 1 aliphatic rings. The monoisotopic (exact) mass is 295 g/mol. The van der Waals surface area contributed by atoms with Crippen molar-refractivity contribution in [2.24, 2.45) is 5.92 Å². The lowest BCUT2D eigenvalue weighted by Crippen LogP contribution is -2.22. The lowest BCUT2D eigenvalue weighted by Gasteiger charge is -2.17. The number of halogens is 1. The van der Waals surface area contributed by atoms with Crippen LogP contribution in [0.3, 0.4) is 0 Å². The topological polar surface area (TPSA) is 3.24 Å². The zero-order valence-corrected chi connectivity index (χ0v) is 12.4. The number of rotatable bonds is 4. The molecule has 0 radical (unpaired) electrons. The van der Waals surface area contributed by atoms with Crippen molar-refractivity contribution < 1.29 is 0 Å². The normalized spacial score (nSPS) is 21.3. The van der Waals surface area contributed by atoms with E-state index in [1.807, 2.05) is 0 Å². The fourth-order valence-electron chi connectivity index (χ4n) is 2.51. The van der Waals surface area contributed by atoms with Crippen LogP contribution in [-0.2, 0) is 0 Å². The molecular weight excluding hydrogens is 274 g/mol. The van der Waals surface area contributed by atoms with E-state index >= 15 is 0 Å². The largest absolute Gasteiger partial charge is 0.303 e. The van der Waals surface area contributed by atoms with Crippen LogP contribution in [0.5, 0.6) is 0 Å². The Hall–Kier alpha value is -0.340. The minimum absolute atomic E-state index is 0.736. The first kappa shape index (κ1) is 13.1. The van der Waals surface area contributed by atoms with Gasteiger partial charge in [0.25, 0.3) is 0 Å². The molecule has 17 heavy (non-hydrogen) atoms. The van der Waals surface area contributed by atoms with Gasteiger partial charge in [0.1, 0.15) is 0 Å². The van der Waals surface area contributed by atoms with Gasteiger partial charge in [0, 0.05) is 11.0 Å². The van der Waals surface area contributed by atoms with Crippen LogP contribution in [-0.4, -0.2) is 24.5 Å². The molecule has 0 saturated carbocycles. The third kappa shape index (κ3) is 3.82. The standard InChI is InChI=1S/C15H22BrN/c1-12(2)6-8-17-9-7-14(11-17)13-4-3-5-15(16)10-13/h3-5,10,12,14H,6-9,11H2,1-2H3. The molecule has 2 rings (SSSR count). The fourth-order valence-corrected chi connectivity index (χ4v) is 2.93. The zero-order valence-electron chi connectivity index (χ0n) is 10.8. The first-order chi connectivity index (χ1) is 8.15. The van der Waals surface area contributed by atoms with Gasteiger partial charge in [-0.2, -0.15) is 0 Å². The summed E-state index contributed by atoms with van der Waals surface area (Å²) in [6.07, 6.45) is 2.64. The summed E-state index contributed by atoms with van der Waals surface area (Å²) in [7, 11) is 0. The average molecular weight is 296 g/mol. The number of hydrogen-bond donors (Lipinski definition) is 0. The van der Waals surface area contributed by atoms with Crippen LogP contribution in [0.25, 0.3) is 0 Å². The summed E-state index contributed by atoms with van der Waals surface area (Å²) < 4.78 is 1.20. The summed E-state index contributed by atoms with van der Waals surface area (Å²) in [4.78, 5) is 2.62. The van der Waals surface area contributed by atoms with Crippen molar-refractivity contribution in [3.8, 4) is 0 Å². The van der Waals surface area contributed by atoms with Crippen molar-refractivity contribution in [3.05, 3.63) is 34.3 Å². The van der Waals surface area contributed by atoms with Crippen molar-refractivity contribution in [2.75, 3.05) is 19.6 Å². The van der Waals surface area contributed by atoms with Crippen LogP contribution in [0.15, 0.2) is 28.7 Å². The lowest BCUT2D eigenvalue weighted by molar-refractivity contribution is 0.310. The third-order valence-corrected chi connectivity index (χ3v) is 4.11. The van der Waals surface area contributed by atoms with E-state index in [-0.39, 0.29) is 0 Å². The summed E-state index contributed by atoms with van der Waals surface area (Å²) in [5, 5.41) is 0. The molecule has 1 fully saturated rings. The van der Waals surface area contributed by atoms with Crippen LogP contribution < -0.4 is 0 Å². The quantitative estimate of drug-likeness (QED) is 0.801. The van der Waals surface area contributed by atoms with Gasteiger partial charge >= 0.3 is 0 Å². The van der Waals surface area contributed by atoms with Gasteiger partial charge in [-0.3, -0.25) is 0 Å². The SMILES string of the molecule is CC(C)CCN1CCC(c2cccc(Br)c2)C1. The van der Waals surface area contributed by atoms with Gasteiger partial charge in [0.05, 0.1) is 0 Å². The molecule has 1 aliphatic heterocycles. The Morgan fingerprint density at radius 3 is 2.94 bits per heavy atom. The molecule has 2 heteroatoms. The molecule has 1 unspecified atom stereocenters. The Kier molecular flexibility index (Phi) is 4.63.